The molecule has 1 aliphatic rings. The highest BCUT2D eigenvalue weighted by atomic mass is 16.4. The molecular weight excluding hydrogens is 274 g/mol. The SMILES string of the molecule is C[C@H](CC(=O)O)NC(=O)CN1Cc2ccc(N)cc2C1=O. The van der Waals surface area contributed by atoms with Crippen LogP contribution in [0.25, 0.3) is 0 Å². The van der Waals surface area contributed by atoms with Crippen LogP contribution in [-0.4, -0.2) is 40.4 Å². The van der Waals surface area contributed by atoms with Crippen molar-refractivity contribution < 1.29 is 19.5 Å². The van der Waals surface area contributed by atoms with Crippen LogP contribution in [0.5, 0.6) is 0 Å². The van der Waals surface area contributed by atoms with E-state index >= 15 is 0 Å². The van der Waals surface area contributed by atoms with Crippen molar-refractivity contribution >= 4 is 23.5 Å². The number of nitrogens with two attached hydrogens (primary N) is 1. The van der Waals surface area contributed by atoms with E-state index in [2.05, 4.69) is 5.32 Å². The van der Waals surface area contributed by atoms with Crippen molar-refractivity contribution in [3.63, 3.8) is 0 Å². The summed E-state index contributed by atoms with van der Waals surface area (Å²) in [5, 5.41) is 11.2. The van der Waals surface area contributed by atoms with Gasteiger partial charge in [0.15, 0.2) is 0 Å². The highest BCUT2D eigenvalue weighted by Gasteiger charge is 2.29. The van der Waals surface area contributed by atoms with Gasteiger partial charge in [0.25, 0.3) is 5.91 Å². The maximum absolute atomic E-state index is 12.1. The van der Waals surface area contributed by atoms with Gasteiger partial charge >= 0.3 is 5.97 Å². The van der Waals surface area contributed by atoms with Gasteiger partial charge < -0.3 is 21.1 Å². The smallest absolute Gasteiger partial charge is 0.305 e. The molecule has 112 valence electrons. The third kappa shape index (κ3) is 3.50. The van der Waals surface area contributed by atoms with Crippen LogP contribution in [-0.2, 0) is 16.1 Å². The molecule has 0 bridgehead atoms. The van der Waals surface area contributed by atoms with Crippen LogP contribution < -0.4 is 11.1 Å². The quantitative estimate of drug-likeness (QED) is 0.671. The van der Waals surface area contributed by atoms with Crippen LogP contribution in [0.15, 0.2) is 18.2 Å². The van der Waals surface area contributed by atoms with Crippen LogP contribution in [0.2, 0.25) is 0 Å². The highest BCUT2D eigenvalue weighted by molar-refractivity contribution is 6.01. The van der Waals surface area contributed by atoms with Crippen molar-refractivity contribution in [1.82, 2.24) is 10.2 Å². The fourth-order valence-electron chi connectivity index (χ4n) is 2.31. The molecule has 2 amide bonds. The van der Waals surface area contributed by atoms with E-state index < -0.39 is 12.0 Å². The van der Waals surface area contributed by atoms with Crippen LogP contribution in [0.1, 0.15) is 29.3 Å². The molecule has 2 rings (SSSR count). The zero-order chi connectivity index (χ0) is 15.6. The Kier molecular flexibility index (Phi) is 4.11. The molecule has 0 unspecified atom stereocenters. The number of benzene rings is 1. The third-order valence-corrected chi connectivity index (χ3v) is 3.24. The molecule has 1 aliphatic heterocycles. The first kappa shape index (κ1) is 14.8. The summed E-state index contributed by atoms with van der Waals surface area (Å²) in [4.78, 5) is 35.9. The molecule has 1 aromatic rings. The summed E-state index contributed by atoms with van der Waals surface area (Å²) < 4.78 is 0. The second-order valence-corrected chi connectivity index (χ2v) is 5.14. The summed E-state index contributed by atoms with van der Waals surface area (Å²) in [6, 6.07) is 4.60. The molecule has 1 atom stereocenters. The van der Waals surface area contributed by atoms with E-state index in [1.807, 2.05) is 0 Å². The molecule has 0 saturated carbocycles. The lowest BCUT2D eigenvalue weighted by molar-refractivity contribution is -0.137. The lowest BCUT2D eigenvalue weighted by Gasteiger charge is -2.17. The number of nitrogen functional groups attached to an aromatic ring is 1. The van der Waals surface area contributed by atoms with E-state index in [0.717, 1.165) is 5.56 Å². The molecule has 4 N–H and O–H groups in total. The summed E-state index contributed by atoms with van der Waals surface area (Å²) in [6.45, 7) is 1.86. The van der Waals surface area contributed by atoms with Gasteiger partial charge in [-0.1, -0.05) is 6.07 Å². The summed E-state index contributed by atoms with van der Waals surface area (Å²) in [5.74, 6) is -1.60. The van der Waals surface area contributed by atoms with E-state index in [-0.39, 0.29) is 24.8 Å². The van der Waals surface area contributed by atoms with E-state index in [4.69, 9.17) is 10.8 Å². The van der Waals surface area contributed by atoms with Crippen molar-refractivity contribution in [1.29, 1.82) is 0 Å². The van der Waals surface area contributed by atoms with Crippen LogP contribution in [0.4, 0.5) is 5.69 Å². The van der Waals surface area contributed by atoms with Gasteiger partial charge in [0.1, 0.15) is 6.54 Å². The molecule has 1 heterocycles. The maximum Gasteiger partial charge on any atom is 0.305 e. The number of carboxylic acids is 1. The van der Waals surface area contributed by atoms with Gasteiger partial charge in [-0.3, -0.25) is 14.4 Å². The van der Waals surface area contributed by atoms with Crippen molar-refractivity contribution in [2.24, 2.45) is 0 Å². The van der Waals surface area contributed by atoms with Gasteiger partial charge in [-0.2, -0.15) is 0 Å². The number of rotatable bonds is 5. The molecule has 7 nitrogen and oxygen atoms in total. The molecular formula is C14H17N3O4. The Labute approximate surface area is 121 Å². The van der Waals surface area contributed by atoms with E-state index in [1.54, 1.807) is 25.1 Å². The number of hydrogen-bond acceptors (Lipinski definition) is 4. The summed E-state index contributed by atoms with van der Waals surface area (Å²) in [7, 11) is 0. The van der Waals surface area contributed by atoms with Crippen LogP contribution in [0, 0.1) is 0 Å². The standard InChI is InChI=1S/C14H17N3O4/c1-8(4-13(19)20)16-12(18)7-17-6-9-2-3-10(15)5-11(9)14(17)21/h2-3,5,8H,4,6-7,15H2,1H3,(H,16,18)(H,19,20)/t8-/m1/s1. The summed E-state index contributed by atoms with van der Waals surface area (Å²) >= 11 is 0. The van der Waals surface area contributed by atoms with Crippen LogP contribution >= 0.6 is 0 Å². The zero-order valence-corrected chi connectivity index (χ0v) is 11.6. The van der Waals surface area contributed by atoms with Crippen molar-refractivity contribution in [2.75, 3.05) is 12.3 Å². The van der Waals surface area contributed by atoms with Crippen molar-refractivity contribution in [3.8, 4) is 0 Å². The minimum atomic E-state index is -0.983. The van der Waals surface area contributed by atoms with Gasteiger partial charge in [-0.15, -0.1) is 0 Å². The van der Waals surface area contributed by atoms with Crippen molar-refractivity contribution in [3.05, 3.63) is 29.3 Å². The first-order valence-corrected chi connectivity index (χ1v) is 6.55. The maximum atomic E-state index is 12.1. The topological polar surface area (TPSA) is 113 Å². The Hall–Kier alpha value is -2.57. The van der Waals surface area contributed by atoms with Crippen molar-refractivity contribution in [2.45, 2.75) is 25.9 Å². The first-order chi connectivity index (χ1) is 9.86. The molecule has 1 aromatic carbocycles. The Bertz CT molecular complexity index is 600. The van der Waals surface area contributed by atoms with E-state index in [0.29, 0.717) is 17.8 Å². The predicted molar refractivity (Wildman–Crippen MR) is 75.5 cm³/mol. The lowest BCUT2D eigenvalue weighted by atomic mass is 10.1. The average molecular weight is 291 g/mol. The average Bonchev–Trinajstić information content (AvgIpc) is 2.65. The number of carbonyl (C=O) groups is 3. The van der Waals surface area contributed by atoms with Crippen LogP contribution in [0.3, 0.4) is 0 Å². The number of aliphatic carboxylic acids is 1. The number of carboxylic acid groups (broad SMARTS) is 1. The van der Waals surface area contributed by atoms with Gasteiger partial charge in [0, 0.05) is 23.8 Å². The molecule has 0 fully saturated rings. The lowest BCUT2D eigenvalue weighted by Crippen LogP contribution is -2.41. The Morgan fingerprint density at radius 2 is 2.19 bits per heavy atom. The fourth-order valence-corrected chi connectivity index (χ4v) is 2.31. The number of nitrogens with zero attached hydrogens (tertiary/aromatic N) is 1. The van der Waals surface area contributed by atoms with Gasteiger partial charge in [0.2, 0.25) is 5.91 Å². The Morgan fingerprint density at radius 1 is 1.48 bits per heavy atom. The minimum absolute atomic E-state index is 0.0998. The molecule has 0 radical (unpaired) electrons. The largest absolute Gasteiger partial charge is 0.481 e. The normalized spacial score (nSPS) is 14.7. The number of hydrogen-bond donors (Lipinski definition) is 3. The predicted octanol–water partition coefficient (Wildman–Crippen LogP) is 0.204. The van der Waals surface area contributed by atoms with Gasteiger partial charge in [0.05, 0.1) is 6.42 Å². The summed E-state index contributed by atoms with van der Waals surface area (Å²) in [5.41, 5.74) is 7.50. The monoisotopic (exact) mass is 291 g/mol. The minimum Gasteiger partial charge on any atom is -0.481 e. The van der Waals surface area contributed by atoms with Gasteiger partial charge in [-0.25, -0.2) is 0 Å². The molecule has 0 spiro atoms. The number of nitrogens with one attached hydrogen (secondary N) is 1. The molecule has 21 heavy (non-hydrogen) atoms. The molecule has 0 aromatic heterocycles. The first-order valence-electron chi connectivity index (χ1n) is 6.55. The van der Waals surface area contributed by atoms with E-state index in [1.165, 1.54) is 4.90 Å². The number of carbonyl (C=O) groups excluding carboxylic acids is 2. The van der Waals surface area contributed by atoms with E-state index in [9.17, 15) is 14.4 Å². The second kappa shape index (κ2) is 5.82. The zero-order valence-electron chi connectivity index (χ0n) is 11.6. The number of amides is 2. The highest BCUT2D eigenvalue weighted by Crippen LogP contribution is 2.24. The Balaban J connectivity index is 1.95. The Morgan fingerprint density at radius 3 is 2.86 bits per heavy atom. The summed E-state index contributed by atoms with van der Waals surface area (Å²) in [6.07, 6.45) is -0.156. The molecule has 7 heteroatoms. The third-order valence-electron chi connectivity index (χ3n) is 3.24. The van der Waals surface area contributed by atoms with Gasteiger partial charge in [-0.05, 0) is 24.6 Å². The second-order valence-electron chi connectivity index (χ2n) is 5.14. The fraction of sp³-hybridized carbons (Fsp3) is 0.357. The molecule has 0 aliphatic carbocycles. The molecule has 0 saturated heterocycles. The number of anilines is 1. The number of fused-ring (bicyclic) bond motifs is 1.